The molecule has 0 aliphatic rings. The van der Waals surface area contributed by atoms with Gasteiger partial charge in [-0.25, -0.2) is 4.39 Å². The summed E-state index contributed by atoms with van der Waals surface area (Å²) in [7, 11) is 3.00. The first-order valence-electron chi connectivity index (χ1n) is 5.72. The molecule has 0 radical (unpaired) electrons. The van der Waals surface area contributed by atoms with Crippen LogP contribution in [0.1, 0.15) is 12.0 Å². The molecule has 0 N–H and O–H groups in total. The lowest BCUT2D eigenvalue weighted by molar-refractivity contribution is -0.124. The number of rotatable bonds is 5. The minimum absolute atomic E-state index is 0.162. The van der Waals surface area contributed by atoms with Crippen molar-refractivity contribution in [3.63, 3.8) is 0 Å². The Bertz CT molecular complexity index is 521. The van der Waals surface area contributed by atoms with Gasteiger partial charge in [0, 0.05) is 19.7 Å². The Morgan fingerprint density at radius 2 is 2.32 bits per heavy atom. The number of likely N-dealkylation sites (N-methyl/N-ethyl adjacent to an activating group) is 1. The predicted octanol–water partition coefficient (Wildman–Crippen LogP) is 2.22. The highest BCUT2D eigenvalue weighted by molar-refractivity contribution is 5.91. The van der Waals surface area contributed by atoms with Gasteiger partial charge in [0.15, 0.2) is 11.6 Å². The molecule has 1 rings (SSSR count). The summed E-state index contributed by atoms with van der Waals surface area (Å²) in [6.45, 7) is 0.372. The first-order valence-corrected chi connectivity index (χ1v) is 5.72. The van der Waals surface area contributed by atoms with E-state index < -0.39 is 5.82 Å². The lowest BCUT2D eigenvalue weighted by atomic mass is 10.2. The Morgan fingerprint density at radius 3 is 2.89 bits per heavy atom. The number of hydrogen-bond donors (Lipinski definition) is 0. The van der Waals surface area contributed by atoms with Crippen LogP contribution in [0.15, 0.2) is 24.3 Å². The fraction of sp³-hybridized carbons (Fsp3) is 0.286. The van der Waals surface area contributed by atoms with E-state index in [2.05, 4.69) is 0 Å². The zero-order chi connectivity index (χ0) is 14.3. The SMILES string of the molecule is COc1ccc(/C=C/C(=O)N(C)CCC#N)cc1F. The highest BCUT2D eigenvalue weighted by Crippen LogP contribution is 2.18. The molecule has 19 heavy (non-hydrogen) atoms. The molecule has 0 saturated carbocycles. The molecule has 0 atom stereocenters. The van der Waals surface area contributed by atoms with Gasteiger partial charge in [0.05, 0.1) is 19.6 Å². The molecule has 0 heterocycles. The molecule has 0 unspecified atom stereocenters. The maximum atomic E-state index is 13.4. The van der Waals surface area contributed by atoms with Crippen LogP contribution < -0.4 is 4.74 Å². The second kappa shape index (κ2) is 7.17. The van der Waals surface area contributed by atoms with Gasteiger partial charge in [-0.2, -0.15) is 5.26 Å². The van der Waals surface area contributed by atoms with E-state index in [9.17, 15) is 9.18 Å². The minimum atomic E-state index is -0.477. The van der Waals surface area contributed by atoms with Crippen molar-refractivity contribution in [1.82, 2.24) is 4.90 Å². The molecule has 1 aromatic carbocycles. The topological polar surface area (TPSA) is 53.3 Å². The fourth-order valence-corrected chi connectivity index (χ4v) is 1.41. The van der Waals surface area contributed by atoms with Gasteiger partial charge in [-0.05, 0) is 23.8 Å². The van der Waals surface area contributed by atoms with Crippen molar-refractivity contribution >= 4 is 12.0 Å². The second-order valence-corrected chi connectivity index (χ2v) is 3.90. The molecule has 0 aliphatic heterocycles. The van der Waals surface area contributed by atoms with Crippen LogP contribution >= 0.6 is 0 Å². The van der Waals surface area contributed by atoms with Crippen molar-refractivity contribution in [3.8, 4) is 11.8 Å². The first-order chi connectivity index (χ1) is 9.08. The normalized spacial score (nSPS) is 10.2. The average Bonchev–Trinajstić information content (AvgIpc) is 2.42. The van der Waals surface area contributed by atoms with Crippen LogP contribution in [0, 0.1) is 17.1 Å². The number of nitrogens with zero attached hydrogens (tertiary/aromatic N) is 2. The lowest BCUT2D eigenvalue weighted by Gasteiger charge is -2.12. The van der Waals surface area contributed by atoms with Crippen molar-refractivity contribution < 1.29 is 13.9 Å². The van der Waals surface area contributed by atoms with E-state index in [1.165, 1.54) is 36.3 Å². The van der Waals surface area contributed by atoms with Gasteiger partial charge in [0.25, 0.3) is 0 Å². The van der Waals surface area contributed by atoms with Crippen LogP contribution in [0.25, 0.3) is 6.08 Å². The van der Waals surface area contributed by atoms with E-state index in [4.69, 9.17) is 10.00 Å². The van der Waals surface area contributed by atoms with E-state index in [0.29, 0.717) is 12.1 Å². The summed E-state index contributed by atoms with van der Waals surface area (Å²) >= 11 is 0. The maximum absolute atomic E-state index is 13.4. The maximum Gasteiger partial charge on any atom is 0.246 e. The number of nitriles is 1. The summed E-state index contributed by atoms with van der Waals surface area (Å²) in [5.41, 5.74) is 0.570. The predicted molar refractivity (Wildman–Crippen MR) is 69.9 cm³/mol. The molecule has 0 fully saturated rings. The summed E-state index contributed by atoms with van der Waals surface area (Å²) in [6.07, 6.45) is 3.15. The molecule has 0 aliphatic carbocycles. The third kappa shape index (κ3) is 4.43. The van der Waals surface area contributed by atoms with E-state index in [1.807, 2.05) is 6.07 Å². The number of amides is 1. The highest BCUT2D eigenvalue weighted by Gasteiger charge is 2.05. The Morgan fingerprint density at radius 1 is 1.58 bits per heavy atom. The Kier molecular flexibility index (Phi) is 5.55. The fourth-order valence-electron chi connectivity index (χ4n) is 1.41. The highest BCUT2D eigenvalue weighted by atomic mass is 19.1. The van der Waals surface area contributed by atoms with Crippen molar-refractivity contribution in [3.05, 3.63) is 35.7 Å². The zero-order valence-electron chi connectivity index (χ0n) is 10.9. The first kappa shape index (κ1) is 14.7. The lowest BCUT2D eigenvalue weighted by Crippen LogP contribution is -2.25. The van der Waals surface area contributed by atoms with Gasteiger partial charge >= 0.3 is 0 Å². The summed E-state index contributed by atoms with van der Waals surface area (Å²) in [4.78, 5) is 13.1. The molecule has 0 spiro atoms. The standard InChI is InChI=1S/C14H15FN2O2/c1-17(9-3-8-16)14(18)7-5-11-4-6-13(19-2)12(15)10-11/h4-7,10H,3,9H2,1-2H3/b7-5+. The molecule has 0 bridgehead atoms. The molecule has 5 heteroatoms. The van der Waals surface area contributed by atoms with Crippen molar-refractivity contribution in [2.45, 2.75) is 6.42 Å². The Hall–Kier alpha value is -2.35. The van der Waals surface area contributed by atoms with Gasteiger partial charge in [-0.3, -0.25) is 4.79 Å². The summed E-state index contributed by atoms with van der Waals surface area (Å²) < 4.78 is 18.2. The molecule has 100 valence electrons. The van der Waals surface area contributed by atoms with Gasteiger partial charge in [-0.15, -0.1) is 0 Å². The van der Waals surface area contributed by atoms with Crippen LogP contribution in [0.4, 0.5) is 4.39 Å². The molecular weight excluding hydrogens is 247 g/mol. The summed E-state index contributed by atoms with van der Waals surface area (Å²) in [5.74, 6) is -0.545. The largest absolute Gasteiger partial charge is 0.494 e. The van der Waals surface area contributed by atoms with Crippen LogP contribution in [0.3, 0.4) is 0 Å². The molecular formula is C14H15FN2O2. The Balaban J connectivity index is 2.68. The zero-order valence-corrected chi connectivity index (χ0v) is 10.9. The monoisotopic (exact) mass is 262 g/mol. The van der Waals surface area contributed by atoms with Crippen LogP contribution in [0.5, 0.6) is 5.75 Å². The molecule has 0 aromatic heterocycles. The summed E-state index contributed by atoms with van der Waals surface area (Å²) in [6, 6.07) is 6.41. The number of carbonyl (C=O) groups is 1. The van der Waals surface area contributed by atoms with Gasteiger partial charge in [0.1, 0.15) is 0 Å². The van der Waals surface area contributed by atoms with E-state index in [-0.39, 0.29) is 18.1 Å². The van der Waals surface area contributed by atoms with E-state index in [1.54, 1.807) is 13.1 Å². The second-order valence-electron chi connectivity index (χ2n) is 3.90. The third-order valence-corrected chi connectivity index (χ3v) is 2.53. The molecule has 1 aromatic rings. The van der Waals surface area contributed by atoms with Crippen molar-refractivity contribution in [1.29, 1.82) is 5.26 Å². The van der Waals surface area contributed by atoms with Crippen LogP contribution in [-0.2, 0) is 4.79 Å². The summed E-state index contributed by atoms with van der Waals surface area (Å²) in [5, 5.41) is 8.43. The number of ether oxygens (including phenoxy) is 1. The molecule has 1 amide bonds. The van der Waals surface area contributed by atoms with Crippen LogP contribution in [-0.4, -0.2) is 31.5 Å². The molecule has 4 nitrogen and oxygen atoms in total. The van der Waals surface area contributed by atoms with Gasteiger partial charge in [0.2, 0.25) is 5.91 Å². The van der Waals surface area contributed by atoms with Crippen LogP contribution in [0.2, 0.25) is 0 Å². The third-order valence-electron chi connectivity index (χ3n) is 2.53. The van der Waals surface area contributed by atoms with E-state index in [0.717, 1.165) is 0 Å². The number of carbonyl (C=O) groups excluding carboxylic acids is 1. The number of hydrogen-bond acceptors (Lipinski definition) is 3. The molecule has 0 saturated heterocycles. The van der Waals surface area contributed by atoms with Crippen molar-refractivity contribution in [2.75, 3.05) is 20.7 Å². The number of halogens is 1. The van der Waals surface area contributed by atoms with Gasteiger partial charge in [-0.1, -0.05) is 6.07 Å². The van der Waals surface area contributed by atoms with Crippen molar-refractivity contribution in [2.24, 2.45) is 0 Å². The number of benzene rings is 1. The quantitative estimate of drug-likeness (QED) is 0.764. The van der Waals surface area contributed by atoms with Gasteiger partial charge < -0.3 is 9.64 Å². The van der Waals surface area contributed by atoms with E-state index >= 15 is 0 Å². The minimum Gasteiger partial charge on any atom is -0.494 e. The average molecular weight is 262 g/mol. The number of methoxy groups -OCH3 is 1. The Labute approximate surface area is 111 Å². The smallest absolute Gasteiger partial charge is 0.246 e.